The molecule has 0 bridgehead atoms. The molecule has 19 heavy (non-hydrogen) atoms. The first kappa shape index (κ1) is 14.4. The maximum absolute atomic E-state index is 12.6. The van der Waals surface area contributed by atoms with E-state index < -0.39 is 12.1 Å². The summed E-state index contributed by atoms with van der Waals surface area (Å²) in [6.07, 6.45) is -2.42. The minimum absolute atomic E-state index is 0.0427. The quantitative estimate of drug-likeness (QED) is 0.886. The monoisotopic (exact) mass is 275 g/mol. The number of aryl methyl sites for hydroxylation is 1. The third kappa shape index (κ3) is 3.75. The second-order valence-corrected chi connectivity index (χ2v) is 5.43. The van der Waals surface area contributed by atoms with Crippen LogP contribution in [0, 0.1) is 12.8 Å². The van der Waals surface area contributed by atoms with E-state index in [-0.39, 0.29) is 24.9 Å². The van der Waals surface area contributed by atoms with Gasteiger partial charge >= 0.3 is 6.18 Å². The zero-order valence-electron chi connectivity index (χ0n) is 11.3. The van der Waals surface area contributed by atoms with E-state index >= 15 is 0 Å². The van der Waals surface area contributed by atoms with Crippen LogP contribution in [0.15, 0.2) is 16.5 Å². The summed E-state index contributed by atoms with van der Waals surface area (Å²) in [5.41, 5.74) is 0. The average molecular weight is 275 g/mol. The Balaban J connectivity index is 1.82. The molecule has 2 rings (SSSR count). The number of nitrogens with one attached hydrogen (secondary N) is 1. The minimum atomic E-state index is -4.03. The fraction of sp³-hybridized carbons (Fsp3) is 0.714. The fourth-order valence-corrected chi connectivity index (χ4v) is 2.71. The largest absolute Gasteiger partial charge is 0.465 e. The van der Waals surface area contributed by atoms with E-state index in [1.54, 1.807) is 0 Å². The summed E-state index contributed by atoms with van der Waals surface area (Å²) >= 11 is 0. The number of hydrogen-bond donors (Lipinski definition) is 1. The molecule has 0 saturated heterocycles. The Kier molecular flexibility index (Phi) is 4.23. The van der Waals surface area contributed by atoms with Crippen molar-refractivity contribution >= 4 is 0 Å². The maximum Gasteiger partial charge on any atom is 0.391 e. The molecule has 108 valence electrons. The molecule has 1 aromatic rings. The second kappa shape index (κ2) is 5.57. The van der Waals surface area contributed by atoms with Crippen LogP contribution in [0.4, 0.5) is 13.2 Å². The number of hydrogen-bond acceptors (Lipinski definition) is 2. The van der Waals surface area contributed by atoms with Gasteiger partial charge < -0.3 is 9.73 Å². The van der Waals surface area contributed by atoms with E-state index in [9.17, 15) is 13.2 Å². The van der Waals surface area contributed by atoms with Gasteiger partial charge in [-0.05, 0) is 51.7 Å². The van der Waals surface area contributed by atoms with Crippen molar-refractivity contribution in [3.8, 4) is 0 Å². The van der Waals surface area contributed by atoms with Crippen molar-refractivity contribution in [3.63, 3.8) is 0 Å². The molecule has 5 heteroatoms. The van der Waals surface area contributed by atoms with Crippen LogP contribution in [0.1, 0.15) is 50.2 Å². The molecule has 1 aromatic heterocycles. The van der Waals surface area contributed by atoms with E-state index in [4.69, 9.17) is 4.42 Å². The highest BCUT2D eigenvalue weighted by Crippen LogP contribution is 2.37. The third-order valence-corrected chi connectivity index (χ3v) is 3.86. The Labute approximate surface area is 111 Å². The number of furan rings is 1. The summed E-state index contributed by atoms with van der Waals surface area (Å²) in [7, 11) is 0. The molecule has 1 N–H and O–H groups in total. The lowest BCUT2D eigenvalue weighted by Crippen LogP contribution is -2.38. The van der Waals surface area contributed by atoms with Gasteiger partial charge in [-0.25, -0.2) is 0 Å². The molecule has 2 nitrogen and oxygen atoms in total. The van der Waals surface area contributed by atoms with Crippen molar-refractivity contribution < 1.29 is 17.6 Å². The molecule has 1 heterocycles. The van der Waals surface area contributed by atoms with Gasteiger partial charge in [-0.3, -0.25) is 0 Å². The van der Waals surface area contributed by atoms with E-state index in [0.29, 0.717) is 12.8 Å². The molecule has 0 aromatic carbocycles. The van der Waals surface area contributed by atoms with Gasteiger partial charge in [0, 0.05) is 6.04 Å². The van der Waals surface area contributed by atoms with Crippen molar-refractivity contribution in [2.45, 2.75) is 57.8 Å². The molecule has 0 amide bonds. The van der Waals surface area contributed by atoms with Crippen LogP contribution in [0.2, 0.25) is 0 Å². The molecule has 1 aliphatic rings. The van der Waals surface area contributed by atoms with Gasteiger partial charge in [0.2, 0.25) is 0 Å². The van der Waals surface area contributed by atoms with E-state index in [1.807, 2.05) is 26.0 Å². The molecule has 0 aliphatic heterocycles. The number of rotatable bonds is 3. The third-order valence-electron chi connectivity index (χ3n) is 3.86. The molecule has 1 saturated carbocycles. The number of alkyl halides is 3. The van der Waals surface area contributed by atoms with Crippen molar-refractivity contribution in [2.24, 2.45) is 5.92 Å². The van der Waals surface area contributed by atoms with Crippen LogP contribution < -0.4 is 5.32 Å². The zero-order chi connectivity index (χ0) is 14.0. The van der Waals surface area contributed by atoms with E-state index in [2.05, 4.69) is 5.32 Å². The van der Waals surface area contributed by atoms with Crippen molar-refractivity contribution in [3.05, 3.63) is 23.7 Å². The van der Waals surface area contributed by atoms with Gasteiger partial charge in [0.15, 0.2) is 0 Å². The highest BCUT2D eigenvalue weighted by molar-refractivity contribution is 5.09. The Morgan fingerprint density at radius 3 is 2.32 bits per heavy atom. The summed E-state index contributed by atoms with van der Waals surface area (Å²) in [6.45, 7) is 3.86. The molecule has 1 unspecified atom stereocenters. The number of halogens is 3. The van der Waals surface area contributed by atoms with Crippen LogP contribution in [-0.4, -0.2) is 12.2 Å². The van der Waals surface area contributed by atoms with Crippen LogP contribution >= 0.6 is 0 Å². The molecule has 1 fully saturated rings. The first-order valence-corrected chi connectivity index (χ1v) is 6.75. The predicted octanol–water partition coefficient (Wildman–Crippen LogP) is 4.36. The van der Waals surface area contributed by atoms with Crippen LogP contribution in [-0.2, 0) is 0 Å². The Bertz CT molecular complexity index is 405. The zero-order valence-corrected chi connectivity index (χ0v) is 11.3. The van der Waals surface area contributed by atoms with Gasteiger partial charge in [-0.2, -0.15) is 13.2 Å². The Morgan fingerprint density at radius 1 is 1.21 bits per heavy atom. The van der Waals surface area contributed by atoms with Gasteiger partial charge in [0.05, 0.1) is 12.0 Å². The molecular formula is C14H20F3NO. The van der Waals surface area contributed by atoms with Crippen LogP contribution in [0.5, 0.6) is 0 Å². The molecule has 0 radical (unpaired) electrons. The molecule has 1 aliphatic carbocycles. The van der Waals surface area contributed by atoms with E-state index in [1.165, 1.54) is 0 Å². The minimum Gasteiger partial charge on any atom is -0.465 e. The standard InChI is InChI=1S/C14H20F3NO/c1-9-3-8-13(19-9)10(2)18-12-6-4-11(5-7-12)14(15,16)17/h3,8,10-12,18H,4-7H2,1-2H3. The molecule has 1 atom stereocenters. The summed E-state index contributed by atoms with van der Waals surface area (Å²) in [5.74, 6) is 0.576. The summed E-state index contributed by atoms with van der Waals surface area (Å²) < 4.78 is 43.2. The maximum atomic E-state index is 12.6. The predicted molar refractivity (Wildman–Crippen MR) is 66.8 cm³/mol. The van der Waals surface area contributed by atoms with Gasteiger partial charge in [-0.1, -0.05) is 0 Å². The van der Waals surface area contributed by atoms with Gasteiger partial charge in [-0.15, -0.1) is 0 Å². The first-order chi connectivity index (χ1) is 8.86. The second-order valence-electron chi connectivity index (χ2n) is 5.43. The smallest absolute Gasteiger partial charge is 0.391 e. The summed E-state index contributed by atoms with van der Waals surface area (Å²) in [4.78, 5) is 0. The highest BCUT2D eigenvalue weighted by atomic mass is 19.4. The van der Waals surface area contributed by atoms with Crippen LogP contribution in [0.25, 0.3) is 0 Å². The first-order valence-electron chi connectivity index (χ1n) is 6.75. The molecule has 0 spiro atoms. The Hall–Kier alpha value is -0.970. The summed E-state index contributed by atoms with van der Waals surface area (Å²) in [5, 5.41) is 3.36. The van der Waals surface area contributed by atoms with Crippen LogP contribution in [0.3, 0.4) is 0 Å². The fourth-order valence-electron chi connectivity index (χ4n) is 2.71. The lowest BCUT2D eigenvalue weighted by atomic mass is 9.85. The van der Waals surface area contributed by atoms with Crippen molar-refractivity contribution in [1.82, 2.24) is 5.32 Å². The van der Waals surface area contributed by atoms with Crippen molar-refractivity contribution in [1.29, 1.82) is 0 Å². The highest BCUT2D eigenvalue weighted by Gasteiger charge is 2.41. The Morgan fingerprint density at radius 2 is 1.84 bits per heavy atom. The normalized spacial score (nSPS) is 26.4. The lowest BCUT2D eigenvalue weighted by Gasteiger charge is -2.31. The van der Waals surface area contributed by atoms with E-state index in [0.717, 1.165) is 11.5 Å². The lowest BCUT2D eigenvalue weighted by molar-refractivity contribution is -0.182. The average Bonchev–Trinajstić information content (AvgIpc) is 2.75. The van der Waals surface area contributed by atoms with Gasteiger partial charge in [0.1, 0.15) is 11.5 Å². The SMILES string of the molecule is Cc1ccc(C(C)NC2CCC(C(F)(F)F)CC2)o1. The summed E-state index contributed by atoms with van der Waals surface area (Å²) in [6, 6.07) is 4.00. The topological polar surface area (TPSA) is 25.2 Å². The van der Waals surface area contributed by atoms with Gasteiger partial charge in [0.25, 0.3) is 0 Å². The molecular weight excluding hydrogens is 255 g/mol. The van der Waals surface area contributed by atoms with Crippen molar-refractivity contribution in [2.75, 3.05) is 0 Å².